The Morgan fingerprint density at radius 2 is 1.89 bits per heavy atom. The Bertz CT molecular complexity index is 721. The molecule has 19 heavy (non-hydrogen) atoms. The number of hydrogen-bond donors (Lipinski definition) is 1. The van der Waals surface area contributed by atoms with Crippen LogP contribution in [0.25, 0.3) is 21.8 Å². The molecule has 0 fully saturated rings. The Labute approximate surface area is 124 Å². The third-order valence-corrected chi connectivity index (χ3v) is 4.20. The summed E-state index contributed by atoms with van der Waals surface area (Å²) in [6.45, 7) is 0. The number of nitrogens with zero attached hydrogens (tertiary/aromatic N) is 1. The molecule has 3 rings (SSSR count). The second-order valence-electron chi connectivity index (χ2n) is 4.14. The van der Waals surface area contributed by atoms with E-state index in [0.717, 1.165) is 32.0 Å². The maximum atomic E-state index is 5.98. The molecule has 0 aliphatic heterocycles. The van der Waals surface area contributed by atoms with Crippen LogP contribution in [0, 0.1) is 0 Å². The summed E-state index contributed by atoms with van der Waals surface area (Å²) >= 11 is 5.11. The summed E-state index contributed by atoms with van der Waals surface area (Å²) in [7, 11) is 0. The molecule has 0 radical (unpaired) electrons. The quantitative estimate of drug-likeness (QED) is 0.684. The van der Waals surface area contributed by atoms with Crippen molar-refractivity contribution in [2.24, 2.45) is 0 Å². The maximum absolute atomic E-state index is 5.98. The smallest absolute Gasteiger partial charge is 0.124 e. The molecule has 3 aromatic rings. The molecule has 0 bridgehead atoms. The summed E-state index contributed by atoms with van der Waals surface area (Å²) in [5.74, 6) is 0. The molecular formula is C15H11BrN2S. The number of halogens is 1. The molecule has 0 saturated heterocycles. The zero-order valence-electron chi connectivity index (χ0n) is 10.0. The standard InChI is InChI=1S/C15H11BrN2S/c16-11-5-3-4-10(8-11)15-18-14(9-19-15)12-6-1-2-7-13(12)17/h1-9H,17H2. The van der Waals surface area contributed by atoms with Crippen molar-refractivity contribution in [2.45, 2.75) is 0 Å². The molecule has 1 aromatic heterocycles. The van der Waals surface area contributed by atoms with E-state index < -0.39 is 0 Å². The van der Waals surface area contributed by atoms with Crippen molar-refractivity contribution in [1.29, 1.82) is 0 Å². The van der Waals surface area contributed by atoms with E-state index >= 15 is 0 Å². The van der Waals surface area contributed by atoms with Crippen molar-refractivity contribution in [3.63, 3.8) is 0 Å². The van der Waals surface area contributed by atoms with Gasteiger partial charge >= 0.3 is 0 Å². The average Bonchev–Trinajstić information content (AvgIpc) is 2.89. The molecule has 4 heteroatoms. The summed E-state index contributed by atoms with van der Waals surface area (Å²) in [6, 6.07) is 15.9. The van der Waals surface area contributed by atoms with E-state index in [-0.39, 0.29) is 0 Å². The van der Waals surface area contributed by atoms with Gasteiger partial charge in [0.1, 0.15) is 5.01 Å². The van der Waals surface area contributed by atoms with Crippen LogP contribution >= 0.6 is 27.3 Å². The first-order valence-corrected chi connectivity index (χ1v) is 7.47. The van der Waals surface area contributed by atoms with Crippen LogP contribution in [-0.2, 0) is 0 Å². The van der Waals surface area contributed by atoms with Crippen molar-refractivity contribution >= 4 is 33.0 Å². The number of anilines is 1. The number of aromatic nitrogens is 1. The molecular weight excluding hydrogens is 320 g/mol. The van der Waals surface area contributed by atoms with Crippen molar-refractivity contribution in [1.82, 2.24) is 4.98 Å². The van der Waals surface area contributed by atoms with Crippen molar-refractivity contribution in [3.05, 3.63) is 58.4 Å². The van der Waals surface area contributed by atoms with Gasteiger partial charge in [-0.15, -0.1) is 11.3 Å². The van der Waals surface area contributed by atoms with Gasteiger partial charge in [-0.05, 0) is 18.2 Å². The fourth-order valence-corrected chi connectivity index (χ4v) is 3.10. The largest absolute Gasteiger partial charge is 0.398 e. The SMILES string of the molecule is Nc1ccccc1-c1csc(-c2cccc(Br)c2)n1. The first-order valence-electron chi connectivity index (χ1n) is 5.80. The van der Waals surface area contributed by atoms with Gasteiger partial charge in [0, 0.05) is 26.7 Å². The average molecular weight is 331 g/mol. The number of nitrogens with two attached hydrogens (primary N) is 1. The second-order valence-corrected chi connectivity index (χ2v) is 5.91. The van der Waals surface area contributed by atoms with Gasteiger partial charge in [-0.1, -0.05) is 46.3 Å². The highest BCUT2D eigenvalue weighted by atomic mass is 79.9. The van der Waals surface area contributed by atoms with Crippen LogP contribution in [0.15, 0.2) is 58.4 Å². The number of hydrogen-bond acceptors (Lipinski definition) is 3. The number of benzene rings is 2. The van der Waals surface area contributed by atoms with Crippen LogP contribution in [0.1, 0.15) is 0 Å². The molecule has 0 atom stereocenters. The van der Waals surface area contributed by atoms with Gasteiger partial charge in [-0.25, -0.2) is 4.98 Å². The van der Waals surface area contributed by atoms with Gasteiger partial charge in [-0.2, -0.15) is 0 Å². The van der Waals surface area contributed by atoms with E-state index in [2.05, 4.69) is 33.0 Å². The first kappa shape index (κ1) is 12.4. The molecule has 2 nitrogen and oxygen atoms in total. The molecule has 0 amide bonds. The Morgan fingerprint density at radius 3 is 2.68 bits per heavy atom. The van der Waals surface area contributed by atoms with Gasteiger partial charge < -0.3 is 5.73 Å². The van der Waals surface area contributed by atoms with E-state index in [1.165, 1.54) is 0 Å². The van der Waals surface area contributed by atoms with Gasteiger partial charge in [-0.3, -0.25) is 0 Å². The van der Waals surface area contributed by atoms with Crippen molar-refractivity contribution in [3.8, 4) is 21.8 Å². The highest BCUT2D eigenvalue weighted by Crippen LogP contribution is 2.32. The lowest BCUT2D eigenvalue weighted by molar-refractivity contribution is 1.40. The summed E-state index contributed by atoms with van der Waals surface area (Å²) in [5.41, 5.74) is 9.77. The highest BCUT2D eigenvalue weighted by molar-refractivity contribution is 9.10. The normalized spacial score (nSPS) is 10.6. The molecule has 0 unspecified atom stereocenters. The topological polar surface area (TPSA) is 38.9 Å². The summed E-state index contributed by atoms with van der Waals surface area (Å²) in [4.78, 5) is 4.67. The zero-order chi connectivity index (χ0) is 13.2. The number of thiazole rings is 1. The second kappa shape index (κ2) is 5.15. The monoisotopic (exact) mass is 330 g/mol. The summed E-state index contributed by atoms with van der Waals surface area (Å²) in [6.07, 6.45) is 0. The zero-order valence-corrected chi connectivity index (χ0v) is 12.4. The van der Waals surface area contributed by atoms with Crippen LogP contribution in [0.3, 0.4) is 0 Å². The number of rotatable bonds is 2. The number of nitrogen functional groups attached to an aromatic ring is 1. The predicted octanol–water partition coefficient (Wildman–Crippen LogP) is 4.82. The van der Waals surface area contributed by atoms with E-state index in [1.807, 2.05) is 41.8 Å². The lowest BCUT2D eigenvalue weighted by Crippen LogP contribution is -1.89. The molecule has 2 N–H and O–H groups in total. The maximum Gasteiger partial charge on any atom is 0.124 e. The lowest BCUT2D eigenvalue weighted by Gasteiger charge is -2.01. The minimum atomic E-state index is 0.758. The van der Waals surface area contributed by atoms with Crippen LogP contribution in [0.4, 0.5) is 5.69 Å². The first-order chi connectivity index (χ1) is 9.24. The minimum Gasteiger partial charge on any atom is -0.398 e. The van der Waals surface area contributed by atoms with Crippen LogP contribution in [0.5, 0.6) is 0 Å². The fourth-order valence-electron chi connectivity index (χ4n) is 1.88. The van der Waals surface area contributed by atoms with Crippen molar-refractivity contribution < 1.29 is 0 Å². The Kier molecular flexibility index (Phi) is 3.36. The van der Waals surface area contributed by atoms with Gasteiger partial charge in [0.05, 0.1) is 5.69 Å². The fraction of sp³-hybridized carbons (Fsp3) is 0. The van der Waals surface area contributed by atoms with Gasteiger partial charge in [0.2, 0.25) is 0 Å². The molecule has 0 aliphatic rings. The molecule has 94 valence electrons. The van der Waals surface area contributed by atoms with Crippen molar-refractivity contribution in [2.75, 3.05) is 5.73 Å². The predicted molar refractivity (Wildman–Crippen MR) is 85.1 cm³/mol. The number of para-hydroxylation sites is 1. The van der Waals surface area contributed by atoms with E-state index in [4.69, 9.17) is 5.73 Å². The van der Waals surface area contributed by atoms with Crippen LogP contribution in [-0.4, -0.2) is 4.98 Å². The van der Waals surface area contributed by atoms with Gasteiger partial charge in [0.25, 0.3) is 0 Å². The van der Waals surface area contributed by atoms with Crippen LogP contribution < -0.4 is 5.73 Å². The Balaban J connectivity index is 2.03. The molecule has 0 spiro atoms. The lowest BCUT2D eigenvalue weighted by atomic mass is 10.1. The summed E-state index contributed by atoms with van der Waals surface area (Å²) < 4.78 is 1.06. The Morgan fingerprint density at radius 1 is 1.05 bits per heavy atom. The Hall–Kier alpha value is -1.65. The van der Waals surface area contributed by atoms with Crippen LogP contribution in [0.2, 0.25) is 0 Å². The van der Waals surface area contributed by atoms with Gasteiger partial charge in [0.15, 0.2) is 0 Å². The molecule has 1 heterocycles. The minimum absolute atomic E-state index is 0.758. The van der Waals surface area contributed by atoms with E-state index in [0.29, 0.717) is 0 Å². The third kappa shape index (κ3) is 2.55. The third-order valence-electron chi connectivity index (χ3n) is 2.81. The molecule has 2 aromatic carbocycles. The highest BCUT2D eigenvalue weighted by Gasteiger charge is 2.08. The van der Waals surface area contributed by atoms with E-state index in [9.17, 15) is 0 Å². The molecule has 0 saturated carbocycles. The van der Waals surface area contributed by atoms with E-state index in [1.54, 1.807) is 11.3 Å². The molecule has 0 aliphatic carbocycles. The summed E-state index contributed by atoms with van der Waals surface area (Å²) in [5, 5.41) is 3.04.